The number of unbranched alkanes of at least 4 members (excludes halogenated alkanes) is 1. The van der Waals surface area contributed by atoms with Crippen molar-refractivity contribution < 1.29 is 4.79 Å². The van der Waals surface area contributed by atoms with Gasteiger partial charge in [-0.25, -0.2) is 4.98 Å². The molecule has 0 unspecified atom stereocenters. The zero-order valence-corrected chi connectivity index (χ0v) is 16.9. The fourth-order valence-corrected chi connectivity index (χ4v) is 3.35. The molecule has 0 saturated carbocycles. The number of carbonyl (C=O) groups is 1. The summed E-state index contributed by atoms with van der Waals surface area (Å²) in [5.74, 6) is 0.247. The van der Waals surface area contributed by atoms with Crippen molar-refractivity contribution in [3.8, 4) is 0 Å². The highest BCUT2D eigenvalue weighted by atomic mass is 16.2. The first-order valence-corrected chi connectivity index (χ1v) is 9.65. The lowest BCUT2D eigenvalue weighted by molar-refractivity contribution is 0.0988. The van der Waals surface area contributed by atoms with Crippen LogP contribution in [0.3, 0.4) is 0 Å². The maximum absolute atomic E-state index is 13.7. The van der Waals surface area contributed by atoms with Gasteiger partial charge in [0.05, 0.1) is 16.6 Å². The summed E-state index contributed by atoms with van der Waals surface area (Å²) in [5, 5.41) is 5.36. The second kappa shape index (κ2) is 7.91. The Kier molecular flexibility index (Phi) is 5.59. The highest BCUT2D eigenvalue weighted by Crippen LogP contribution is 2.27. The van der Waals surface area contributed by atoms with Crippen LogP contribution in [0.1, 0.15) is 61.3 Å². The lowest BCUT2D eigenvalue weighted by Crippen LogP contribution is -2.32. The van der Waals surface area contributed by atoms with Gasteiger partial charge in [0.25, 0.3) is 5.91 Å². The van der Waals surface area contributed by atoms with Gasteiger partial charge in [0, 0.05) is 25.0 Å². The molecule has 1 aromatic carbocycles. The van der Waals surface area contributed by atoms with Gasteiger partial charge in [-0.1, -0.05) is 45.4 Å². The standard InChI is InChI=1S/C22H28N4O/c1-6-7-13-26(17-11-9-8-10-12-17)22(27)18-14-19(15(2)3)23-21-20(18)16(4)24-25(21)5/h8-12,14-15H,6-7,13H2,1-5H3. The molecule has 1 amide bonds. The predicted molar refractivity (Wildman–Crippen MR) is 110 cm³/mol. The average molecular weight is 364 g/mol. The molecule has 0 fully saturated rings. The molecular formula is C22H28N4O. The molecular weight excluding hydrogens is 336 g/mol. The van der Waals surface area contributed by atoms with E-state index in [0.29, 0.717) is 12.1 Å². The van der Waals surface area contributed by atoms with E-state index in [0.717, 1.165) is 41.0 Å². The van der Waals surface area contributed by atoms with Gasteiger partial charge in [0.1, 0.15) is 0 Å². The number of hydrogen-bond donors (Lipinski definition) is 0. The van der Waals surface area contributed by atoms with Crippen LogP contribution < -0.4 is 4.90 Å². The molecule has 2 heterocycles. The Morgan fingerprint density at radius 1 is 1.22 bits per heavy atom. The van der Waals surface area contributed by atoms with E-state index in [1.807, 2.05) is 55.3 Å². The number of fused-ring (bicyclic) bond motifs is 1. The van der Waals surface area contributed by atoms with Gasteiger partial charge in [-0.05, 0) is 37.5 Å². The van der Waals surface area contributed by atoms with Crippen LogP contribution in [0.15, 0.2) is 36.4 Å². The average Bonchev–Trinajstić information content (AvgIpc) is 2.96. The maximum Gasteiger partial charge on any atom is 0.259 e. The van der Waals surface area contributed by atoms with Crippen LogP contribution in [0.2, 0.25) is 0 Å². The minimum atomic E-state index is 0.0139. The van der Waals surface area contributed by atoms with Gasteiger partial charge >= 0.3 is 0 Å². The number of nitrogens with zero attached hydrogens (tertiary/aromatic N) is 4. The van der Waals surface area contributed by atoms with Crippen molar-refractivity contribution >= 4 is 22.6 Å². The Hall–Kier alpha value is -2.69. The largest absolute Gasteiger partial charge is 0.308 e. The molecule has 0 spiro atoms. The Bertz CT molecular complexity index is 944. The number of benzene rings is 1. The summed E-state index contributed by atoms with van der Waals surface area (Å²) in [6.45, 7) is 8.96. The molecule has 0 atom stereocenters. The van der Waals surface area contributed by atoms with Crippen LogP contribution in [0.25, 0.3) is 11.0 Å². The van der Waals surface area contributed by atoms with E-state index < -0.39 is 0 Å². The van der Waals surface area contributed by atoms with E-state index in [2.05, 4.69) is 25.9 Å². The van der Waals surface area contributed by atoms with E-state index in [4.69, 9.17) is 4.98 Å². The molecule has 3 rings (SSSR count). The molecule has 0 aliphatic heterocycles. The molecule has 2 aromatic heterocycles. The van der Waals surface area contributed by atoms with Crippen LogP contribution in [0, 0.1) is 6.92 Å². The summed E-state index contributed by atoms with van der Waals surface area (Å²) in [6.07, 6.45) is 1.99. The van der Waals surface area contributed by atoms with Crippen molar-refractivity contribution in [3.63, 3.8) is 0 Å². The molecule has 0 N–H and O–H groups in total. The van der Waals surface area contributed by atoms with Gasteiger partial charge < -0.3 is 4.90 Å². The van der Waals surface area contributed by atoms with Crippen LogP contribution >= 0.6 is 0 Å². The molecule has 0 saturated heterocycles. The minimum Gasteiger partial charge on any atom is -0.308 e. The number of carbonyl (C=O) groups excluding carboxylic acids is 1. The van der Waals surface area contributed by atoms with Crippen molar-refractivity contribution in [1.29, 1.82) is 0 Å². The predicted octanol–water partition coefficient (Wildman–Crippen LogP) is 4.85. The molecule has 3 aromatic rings. The second-order valence-electron chi connectivity index (χ2n) is 7.30. The summed E-state index contributed by atoms with van der Waals surface area (Å²) < 4.78 is 1.77. The zero-order valence-electron chi connectivity index (χ0n) is 16.9. The van der Waals surface area contributed by atoms with Gasteiger partial charge in [-0.2, -0.15) is 5.10 Å². The van der Waals surface area contributed by atoms with E-state index in [1.54, 1.807) is 4.68 Å². The third kappa shape index (κ3) is 3.72. The first kappa shape index (κ1) is 19.1. The zero-order chi connectivity index (χ0) is 19.6. The Balaban J connectivity index is 2.17. The van der Waals surface area contributed by atoms with Crippen molar-refractivity contribution in [1.82, 2.24) is 14.8 Å². The lowest BCUT2D eigenvalue weighted by Gasteiger charge is -2.23. The topological polar surface area (TPSA) is 51.0 Å². The molecule has 5 heteroatoms. The summed E-state index contributed by atoms with van der Waals surface area (Å²) in [4.78, 5) is 20.3. The fourth-order valence-electron chi connectivity index (χ4n) is 3.35. The molecule has 0 aliphatic carbocycles. The van der Waals surface area contributed by atoms with Crippen molar-refractivity contribution in [2.45, 2.75) is 46.5 Å². The van der Waals surface area contributed by atoms with E-state index in [1.165, 1.54) is 0 Å². The molecule has 0 bridgehead atoms. The third-order valence-corrected chi connectivity index (χ3v) is 4.86. The fraction of sp³-hybridized carbons (Fsp3) is 0.409. The summed E-state index contributed by atoms with van der Waals surface area (Å²) in [5.41, 5.74) is 4.13. The third-order valence-electron chi connectivity index (χ3n) is 4.86. The number of rotatable bonds is 6. The highest BCUT2D eigenvalue weighted by molar-refractivity contribution is 6.13. The van der Waals surface area contributed by atoms with Gasteiger partial charge in [-0.3, -0.25) is 9.48 Å². The van der Waals surface area contributed by atoms with Crippen molar-refractivity contribution in [3.05, 3.63) is 53.3 Å². The number of amides is 1. The first-order valence-electron chi connectivity index (χ1n) is 9.65. The highest BCUT2D eigenvalue weighted by Gasteiger charge is 2.24. The van der Waals surface area contributed by atoms with Crippen molar-refractivity contribution in [2.75, 3.05) is 11.4 Å². The normalized spacial score (nSPS) is 11.3. The summed E-state index contributed by atoms with van der Waals surface area (Å²) in [6, 6.07) is 11.8. The second-order valence-corrected chi connectivity index (χ2v) is 7.30. The smallest absolute Gasteiger partial charge is 0.259 e. The van der Waals surface area contributed by atoms with Gasteiger partial charge in [-0.15, -0.1) is 0 Å². The van der Waals surface area contributed by atoms with Crippen LogP contribution in [-0.2, 0) is 7.05 Å². The van der Waals surface area contributed by atoms with Crippen LogP contribution in [-0.4, -0.2) is 27.2 Å². The Morgan fingerprint density at radius 2 is 1.93 bits per heavy atom. The summed E-state index contributed by atoms with van der Waals surface area (Å²) in [7, 11) is 1.88. The van der Waals surface area contributed by atoms with Gasteiger partial charge in [0.2, 0.25) is 0 Å². The Morgan fingerprint density at radius 3 is 2.56 bits per heavy atom. The van der Waals surface area contributed by atoms with E-state index >= 15 is 0 Å². The number of para-hydroxylation sites is 1. The molecule has 0 radical (unpaired) electrons. The number of aryl methyl sites for hydroxylation is 2. The number of aromatic nitrogens is 3. The van der Waals surface area contributed by atoms with Crippen LogP contribution in [0.5, 0.6) is 0 Å². The first-order chi connectivity index (χ1) is 12.9. The molecule has 27 heavy (non-hydrogen) atoms. The molecule has 142 valence electrons. The quantitative estimate of drug-likeness (QED) is 0.628. The number of hydrogen-bond acceptors (Lipinski definition) is 3. The van der Waals surface area contributed by atoms with Crippen molar-refractivity contribution in [2.24, 2.45) is 7.05 Å². The lowest BCUT2D eigenvalue weighted by atomic mass is 10.0. The van der Waals surface area contributed by atoms with Gasteiger partial charge in [0.15, 0.2) is 5.65 Å². The SMILES string of the molecule is CCCCN(C(=O)c1cc(C(C)C)nc2c1c(C)nn2C)c1ccccc1. The monoisotopic (exact) mass is 364 g/mol. The number of pyridine rings is 1. The number of anilines is 1. The molecule has 5 nitrogen and oxygen atoms in total. The van der Waals surface area contributed by atoms with E-state index in [9.17, 15) is 4.79 Å². The van der Waals surface area contributed by atoms with Crippen LogP contribution in [0.4, 0.5) is 5.69 Å². The minimum absolute atomic E-state index is 0.0139. The summed E-state index contributed by atoms with van der Waals surface area (Å²) >= 11 is 0. The Labute approximate surface area is 161 Å². The molecule has 0 aliphatic rings. The maximum atomic E-state index is 13.7. The van der Waals surface area contributed by atoms with E-state index in [-0.39, 0.29) is 11.8 Å².